The number of fused-ring (bicyclic) bond motifs is 1. The zero-order chi connectivity index (χ0) is 17.7. The zero-order valence-electron chi connectivity index (χ0n) is 13.5. The quantitative estimate of drug-likeness (QED) is 0.576. The first-order chi connectivity index (χ1) is 11.5. The highest BCUT2D eigenvalue weighted by Crippen LogP contribution is 2.30. The molecule has 24 heavy (non-hydrogen) atoms. The maximum Gasteiger partial charge on any atom is 0.570 e. The second-order valence-electron chi connectivity index (χ2n) is 5.68. The zero-order valence-corrected chi connectivity index (χ0v) is 13.5. The van der Waals surface area contributed by atoms with Crippen molar-refractivity contribution in [2.45, 2.75) is 38.2 Å². The molecule has 1 amide bonds. The highest BCUT2D eigenvalue weighted by molar-refractivity contribution is 6.53. The van der Waals surface area contributed by atoms with E-state index in [0.29, 0.717) is 12.0 Å². The van der Waals surface area contributed by atoms with E-state index in [4.69, 9.17) is 9.39 Å². The minimum atomic E-state index is -1.17. The predicted molar refractivity (Wildman–Crippen MR) is 86.9 cm³/mol. The molecule has 0 bridgehead atoms. The number of amides is 1. The summed E-state index contributed by atoms with van der Waals surface area (Å²) in [5, 5.41) is 14.8. The van der Waals surface area contributed by atoms with E-state index in [1.54, 1.807) is 19.2 Å². The highest BCUT2D eigenvalue weighted by atomic mass is 16.5. The van der Waals surface area contributed by atoms with Gasteiger partial charge in [0.2, 0.25) is 5.91 Å². The number of methoxy groups -OCH3 is 1. The summed E-state index contributed by atoms with van der Waals surface area (Å²) in [5.74, 6) is -1.89. The Morgan fingerprint density at radius 3 is 2.92 bits per heavy atom. The van der Waals surface area contributed by atoms with E-state index in [9.17, 15) is 19.6 Å². The Kier molecular flexibility index (Phi) is 5.91. The van der Waals surface area contributed by atoms with Gasteiger partial charge in [-0.25, -0.2) is 4.79 Å². The van der Waals surface area contributed by atoms with Gasteiger partial charge in [0.1, 0.15) is 5.75 Å². The van der Waals surface area contributed by atoms with Crippen LogP contribution in [-0.2, 0) is 16.0 Å². The maximum absolute atomic E-state index is 12.0. The minimum Gasteiger partial charge on any atom is -0.536 e. The van der Waals surface area contributed by atoms with Crippen LogP contribution in [0, 0.1) is 4.91 Å². The van der Waals surface area contributed by atoms with E-state index in [1.807, 2.05) is 6.92 Å². The molecule has 0 spiro atoms. The lowest BCUT2D eigenvalue weighted by Crippen LogP contribution is -2.52. The Morgan fingerprint density at radius 2 is 2.29 bits per heavy atom. The van der Waals surface area contributed by atoms with Gasteiger partial charge in [-0.2, -0.15) is 4.91 Å². The Morgan fingerprint density at radius 1 is 1.54 bits per heavy atom. The third-order valence-corrected chi connectivity index (χ3v) is 3.98. The van der Waals surface area contributed by atoms with Gasteiger partial charge >= 0.3 is 13.0 Å². The van der Waals surface area contributed by atoms with E-state index in [-0.39, 0.29) is 36.2 Å². The number of rotatable bonds is 7. The van der Waals surface area contributed by atoms with Crippen molar-refractivity contribution in [3.63, 3.8) is 0 Å². The van der Waals surface area contributed by atoms with Gasteiger partial charge in [-0.15, -0.1) is 0 Å². The lowest BCUT2D eigenvalue weighted by atomic mass is 9.68. The van der Waals surface area contributed by atoms with Crippen molar-refractivity contribution in [1.29, 1.82) is 0 Å². The van der Waals surface area contributed by atoms with Gasteiger partial charge in [-0.3, -0.25) is 4.79 Å². The molecule has 1 aromatic carbocycles. The van der Waals surface area contributed by atoms with Crippen LogP contribution in [-0.4, -0.2) is 43.2 Å². The normalized spacial score (nSPS) is 17.4. The second kappa shape index (κ2) is 7.91. The molecular weight excluding hydrogens is 315 g/mol. The first kappa shape index (κ1) is 17.9. The lowest BCUT2D eigenvalue weighted by molar-refractivity contribution is -0.122. The number of nitrogens with one attached hydrogen (secondary N) is 1. The molecule has 2 rings (SSSR count). The van der Waals surface area contributed by atoms with Crippen LogP contribution in [0.5, 0.6) is 5.75 Å². The standard InChI is InChI=1S/C15H19BN2O6/c1-9(23-2)6-7-13(19)17-12-8-10-4-3-5-11(15(20)21)14(10)24-16(12)18-22/h3-5,9,12H,6-8H2,1-2H3,(H,17,19)(H,20,21)/t9?,12-/m0/s1. The topological polar surface area (TPSA) is 114 Å². The van der Waals surface area contributed by atoms with Crippen LogP contribution < -0.4 is 9.97 Å². The van der Waals surface area contributed by atoms with Gasteiger partial charge in [0.25, 0.3) is 0 Å². The Bertz CT molecular complexity index is 638. The van der Waals surface area contributed by atoms with Crippen molar-refractivity contribution in [2.24, 2.45) is 5.09 Å². The van der Waals surface area contributed by atoms with Crippen molar-refractivity contribution in [1.82, 2.24) is 5.32 Å². The van der Waals surface area contributed by atoms with E-state index in [1.165, 1.54) is 6.07 Å². The number of hydrogen-bond donors (Lipinski definition) is 2. The predicted octanol–water partition coefficient (Wildman–Crippen LogP) is 1.41. The fourth-order valence-electron chi connectivity index (χ4n) is 2.54. The second-order valence-corrected chi connectivity index (χ2v) is 5.68. The minimum absolute atomic E-state index is 0.0279. The summed E-state index contributed by atoms with van der Waals surface area (Å²) in [6.07, 6.45) is 1.03. The Hall–Kier alpha value is -2.42. The Balaban J connectivity index is 2.10. The van der Waals surface area contributed by atoms with Crippen molar-refractivity contribution in [3.05, 3.63) is 34.2 Å². The fourth-order valence-corrected chi connectivity index (χ4v) is 2.54. The number of carboxylic acid groups (broad SMARTS) is 1. The molecule has 0 saturated heterocycles. The molecule has 128 valence electrons. The SMILES string of the molecule is COC(C)CCC(=O)N[C@H]1Cc2cccc(C(=O)O)c2OB1N=O. The number of nitroso groups, excluding NO2 is 1. The first-order valence-electron chi connectivity index (χ1n) is 7.62. The number of hydrogen-bond acceptors (Lipinski definition) is 6. The van der Waals surface area contributed by atoms with Crippen molar-refractivity contribution >= 4 is 18.9 Å². The summed E-state index contributed by atoms with van der Waals surface area (Å²) in [4.78, 5) is 34.3. The molecule has 1 aliphatic rings. The van der Waals surface area contributed by atoms with Gasteiger partial charge < -0.3 is 19.8 Å². The number of ether oxygens (including phenoxy) is 1. The van der Waals surface area contributed by atoms with E-state index < -0.39 is 19.0 Å². The van der Waals surface area contributed by atoms with Gasteiger partial charge in [0.05, 0.1) is 17.6 Å². The molecule has 1 aromatic rings. The number of aromatic carboxylic acids is 1. The molecule has 0 aromatic heterocycles. The van der Waals surface area contributed by atoms with Crippen molar-refractivity contribution < 1.29 is 24.1 Å². The molecule has 9 heteroatoms. The van der Waals surface area contributed by atoms with Crippen LogP contribution in [0.4, 0.5) is 0 Å². The third-order valence-electron chi connectivity index (χ3n) is 3.98. The molecule has 2 atom stereocenters. The van der Waals surface area contributed by atoms with E-state index >= 15 is 0 Å². The highest BCUT2D eigenvalue weighted by Gasteiger charge is 2.40. The summed E-state index contributed by atoms with van der Waals surface area (Å²) in [6.45, 7) is 1.86. The first-order valence-corrected chi connectivity index (χ1v) is 7.62. The van der Waals surface area contributed by atoms with Crippen LogP contribution in [0.15, 0.2) is 23.3 Å². The van der Waals surface area contributed by atoms with Crippen LogP contribution in [0.3, 0.4) is 0 Å². The maximum atomic E-state index is 12.0. The molecule has 1 heterocycles. The number of nitrogens with zero attached hydrogens (tertiary/aromatic N) is 1. The van der Waals surface area contributed by atoms with E-state index in [0.717, 1.165) is 0 Å². The molecule has 1 aliphatic heterocycles. The van der Waals surface area contributed by atoms with Gasteiger partial charge in [0, 0.05) is 13.5 Å². The monoisotopic (exact) mass is 334 g/mol. The van der Waals surface area contributed by atoms with Crippen molar-refractivity contribution in [2.75, 3.05) is 7.11 Å². The van der Waals surface area contributed by atoms with Gasteiger partial charge in [-0.1, -0.05) is 17.2 Å². The van der Waals surface area contributed by atoms with Crippen LogP contribution in [0.1, 0.15) is 35.7 Å². The molecule has 0 saturated carbocycles. The van der Waals surface area contributed by atoms with Crippen molar-refractivity contribution in [3.8, 4) is 5.75 Å². The van der Waals surface area contributed by atoms with Crippen LogP contribution in [0.2, 0.25) is 0 Å². The molecule has 0 fully saturated rings. The molecule has 0 radical (unpaired) electrons. The third kappa shape index (κ3) is 4.11. The van der Waals surface area contributed by atoms with Crippen LogP contribution in [0.25, 0.3) is 0 Å². The summed E-state index contributed by atoms with van der Waals surface area (Å²) in [6, 6.07) is 4.70. The molecule has 2 N–H and O–H groups in total. The van der Waals surface area contributed by atoms with Gasteiger partial charge in [-0.05, 0) is 31.4 Å². The number of carbonyl (C=O) groups is 2. The summed E-state index contributed by atoms with van der Waals surface area (Å²) < 4.78 is 10.5. The molecular formula is C15H19BN2O6. The number of benzene rings is 1. The summed E-state index contributed by atoms with van der Waals surface area (Å²) in [5.41, 5.74) is 0.588. The average molecular weight is 334 g/mol. The largest absolute Gasteiger partial charge is 0.570 e. The number of para-hydroxylation sites is 1. The number of carbonyl (C=O) groups excluding carboxylic acids is 1. The van der Waals surface area contributed by atoms with Crippen LogP contribution >= 0.6 is 0 Å². The lowest BCUT2D eigenvalue weighted by Gasteiger charge is -2.28. The average Bonchev–Trinajstić information content (AvgIpc) is 2.58. The molecule has 0 aliphatic carbocycles. The van der Waals surface area contributed by atoms with Gasteiger partial charge in [0.15, 0.2) is 0 Å². The Labute approximate surface area is 139 Å². The molecule has 1 unspecified atom stereocenters. The number of carboxylic acids is 1. The molecule has 8 nitrogen and oxygen atoms in total. The summed E-state index contributed by atoms with van der Waals surface area (Å²) >= 11 is 0. The summed E-state index contributed by atoms with van der Waals surface area (Å²) in [7, 11) is 0.405. The van der Waals surface area contributed by atoms with E-state index in [2.05, 4.69) is 10.4 Å². The fraction of sp³-hybridized carbons (Fsp3) is 0.467. The smallest absolute Gasteiger partial charge is 0.536 e.